The molecule has 0 amide bonds. The second-order valence-corrected chi connectivity index (χ2v) is 10.00. The van der Waals surface area contributed by atoms with Crippen molar-refractivity contribution in [2.75, 3.05) is 42.9 Å². The zero-order chi connectivity index (χ0) is 19.1. The SMILES string of the molecule is CC1(C)[C@H]2CC=C(CN3CC(Nc4nccc(N5CCCCCC5)n4)C3)[C@@H]1C2. The molecule has 3 fully saturated rings. The van der Waals surface area contributed by atoms with Crippen LogP contribution in [-0.2, 0) is 0 Å². The Morgan fingerprint density at radius 2 is 1.93 bits per heavy atom. The molecule has 0 spiro atoms. The van der Waals surface area contributed by atoms with Crippen LogP contribution in [-0.4, -0.2) is 53.6 Å². The third-order valence-corrected chi connectivity index (χ3v) is 7.85. The van der Waals surface area contributed by atoms with Crippen molar-refractivity contribution in [3.05, 3.63) is 23.9 Å². The zero-order valence-electron chi connectivity index (χ0n) is 17.5. The van der Waals surface area contributed by atoms with Gasteiger partial charge < -0.3 is 10.2 Å². The molecule has 0 radical (unpaired) electrons. The molecule has 2 atom stereocenters. The fraction of sp³-hybridized carbons (Fsp3) is 0.739. The number of allylic oxidation sites excluding steroid dienone is 1. The quantitative estimate of drug-likeness (QED) is 0.783. The van der Waals surface area contributed by atoms with Crippen molar-refractivity contribution >= 4 is 11.8 Å². The van der Waals surface area contributed by atoms with Crippen LogP contribution in [0.25, 0.3) is 0 Å². The van der Waals surface area contributed by atoms with E-state index in [0.29, 0.717) is 11.5 Å². The Labute approximate surface area is 169 Å². The van der Waals surface area contributed by atoms with Crippen molar-refractivity contribution in [3.8, 4) is 0 Å². The van der Waals surface area contributed by atoms with Gasteiger partial charge in [0.05, 0.1) is 6.04 Å². The van der Waals surface area contributed by atoms with E-state index in [1.165, 1.54) is 38.5 Å². The van der Waals surface area contributed by atoms with Gasteiger partial charge in [-0.1, -0.05) is 38.3 Å². The van der Waals surface area contributed by atoms with Crippen LogP contribution in [0.1, 0.15) is 52.4 Å². The normalized spacial score (nSPS) is 30.1. The van der Waals surface area contributed by atoms with E-state index in [1.807, 2.05) is 6.20 Å². The summed E-state index contributed by atoms with van der Waals surface area (Å²) in [6.45, 7) is 10.5. The Hall–Kier alpha value is -1.62. The van der Waals surface area contributed by atoms with Crippen molar-refractivity contribution in [2.45, 2.75) is 58.4 Å². The van der Waals surface area contributed by atoms with Gasteiger partial charge in [0.2, 0.25) is 5.95 Å². The van der Waals surface area contributed by atoms with Gasteiger partial charge in [0.1, 0.15) is 5.82 Å². The van der Waals surface area contributed by atoms with Gasteiger partial charge in [0, 0.05) is 38.9 Å². The molecule has 2 bridgehead atoms. The number of rotatable bonds is 5. The molecule has 152 valence electrons. The van der Waals surface area contributed by atoms with Crippen molar-refractivity contribution in [1.29, 1.82) is 0 Å². The first-order valence-corrected chi connectivity index (χ1v) is 11.4. The van der Waals surface area contributed by atoms with E-state index in [9.17, 15) is 0 Å². The Kier molecular flexibility index (Phi) is 4.82. The first-order valence-electron chi connectivity index (χ1n) is 11.4. The summed E-state index contributed by atoms with van der Waals surface area (Å²) < 4.78 is 0. The fourth-order valence-corrected chi connectivity index (χ4v) is 5.78. The standard InChI is InChI=1S/C23H35N5/c1-23(2)18-8-7-17(20(23)13-18)14-27-15-19(16-27)25-22-24-10-9-21(26-22)28-11-5-3-4-6-12-28/h7,9-10,18-20H,3-6,8,11-16H2,1-2H3,(H,24,25,26)/t18-,20-/m0/s1. The van der Waals surface area contributed by atoms with Gasteiger partial charge in [-0.15, -0.1) is 0 Å². The molecule has 3 heterocycles. The van der Waals surface area contributed by atoms with Crippen molar-refractivity contribution in [1.82, 2.24) is 14.9 Å². The average Bonchev–Trinajstić information content (AvgIpc) is 2.96. The summed E-state index contributed by atoms with van der Waals surface area (Å²) >= 11 is 0. The van der Waals surface area contributed by atoms with E-state index in [1.54, 1.807) is 5.57 Å². The third kappa shape index (κ3) is 3.42. The minimum absolute atomic E-state index is 0.478. The maximum absolute atomic E-state index is 4.81. The molecule has 1 aromatic rings. The Morgan fingerprint density at radius 3 is 2.64 bits per heavy atom. The van der Waals surface area contributed by atoms with E-state index in [2.05, 4.69) is 46.1 Å². The zero-order valence-corrected chi connectivity index (χ0v) is 17.5. The molecule has 28 heavy (non-hydrogen) atoms. The highest BCUT2D eigenvalue weighted by molar-refractivity contribution is 5.43. The topological polar surface area (TPSA) is 44.3 Å². The molecule has 5 nitrogen and oxygen atoms in total. The minimum atomic E-state index is 0.478. The molecule has 5 aliphatic rings. The molecular formula is C23H35N5. The van der Waals surface area contributed by atoms with Gasteiger partial charge in [0.15, 0.2) is 0 Å². The van der Waals surface area contributed by atoms with Gasteiger partial charge in [-0.3, -0.25) is 4.90 Å². The highest BCUT2D eigenvalue weighted by Crippen LogP contribution is 2.59. The van der Waals surface area contributed by atoms with Crippen LogP contribution in [0.5, 0.6) is 0 Å². The molecule has 1 aromatic heterocycles. The molecule has 1 saturated carbocycles. The lowest BCUT2D eigenvalue weighted by atomic mass is 9.49. The predicted molar refractivity (Wildman–Crippen MR) is 115 cm³/mol. The van der Waals surface area contributed by atoms with Crippen LogP contribution in [0.2, 0.25) is 0 Å². The second-order valence-electron chi connectivity index (χ2n) is 10.00. The molecule has 2 saturated heterocycles. The molecule has 2 aliphatic heterocycles. The number of likely N-dealkylation sites (tertiary alicyclic amines) is 1. The lowest BCUT2D eigenvalue weighted by Gasteiger charge is -2.57. The highest BCUT2D eigenvalue weighted by atomic mass is 15.3. The van der Waals surface area contributed by atoms with Gasteiger partial charge in [-0.05, 0) is 49.0 Å². The number of fused-ring (bicyclic) bond motifs is 1. The largest absolute Gasteiger partial charge is 0.356 e. The van der Waals surface area contributed by atoms with Crippen LogP contribution in [0.15, 0.2) is 23.9 Å². The third-order valence-electron chi connectivity index (χ3n) is 7.85. The smallest absolute Gasteiger partial charge is 0.224 e. The number of anilines is 2. The summed E-state index contributed by atoms with van der Waals surface area (Å²) in [5.41, 5.74) is 2.24. The van der Waals surface area contributed by atoms with Crippen LogP contribution >= 0.6 is 0 Å². The lowest BCUT2D eigenvalue weighted by Crippen LogP contribution is -2.57. The summed E-state index contributed by atoms with van der Waals surface area (Å²) in [6, 6.07) is 2.54. The van der Waals surface area contributed by atoms with E-state index in [-0.39, 0.29) is 0 Å². The summed E-state index contributed by atoms with van der Waals surface area (Å²) in [6.07, 6.45) is 12.4. The minimum Gasteiger partial charge on any atom is -0.356 e. The second kappa shape index (κ2) is 7.33. The summed E-state index contributed by atoms with van der Waals surface area (Å²) in [4.78, 5) is 14.3. The number of aromatic nitrogens is 2. The molecule has 6 rings (SSSR count). The Morgan fingerprint density at radius 1 is 1.14 bits per heavy atom. The van der Waals surface area contributed by atoms with Crippen molar-refractivity contribution < 1.29 is 0 Å². The van der Waals surface area contributed by atoms with Gasteiger partial charge >= 0.3 is 0 Å². The maximum Gasteiger partial charge on any atom is 0.224 e. The maximum atomic E-state index is 4.81. The van der Waals surface area contributed by atoms with Crippen LogP contribution in [0, 0.1) is 17.3 Å². The van der Waals surface area contributed by atoms with E-state index >= 15 is 0 Å². The van der Waals surface area contributed by atoms with E-state index < -0.39 is 0 Å². The van der Waals surface area contributed by atoms with Crippen LogP contribution < -0.4 is 10.2 Å². The molecule has 3 aliphatic carbocycles. The summed E-state index contributed by atoms with van der Waals surface area (Å²) in [5, 5.41) is 3.57. The lowest BCUT2D eigenvalue weighted by molar-refractivity contribution is -0.0129. The average molecular weight is 382 g/mol. The van der Waals surface area contributed by atoms with Gasteiger partial charge in [0.25, 0.3) is 0 Å². The van der Waals surface area contributed by atoms with E-state index in [0.717, 1.165) is 56.3 Å². The van der Waals surface area contributed by atoms with Crippen LogP contribution in [0.3, 0.4) is 0 Å². The monoisotopic (exact) mass is 381 g/mol. The van der Waals surface area contributed by atoms with Crippen molar-refractivity contribution in [2.24, 2.45) is 17.3 Å². The summed E-state index contributed by atoms with van der Waals surface area (Å²) in [7, 11) is 0. The first kappa shape index (κ1) is 18.4. The number of hydrogen-bond donors (Lipinski definition) is 1. The van der Waals surface area contributed by atoms with Crippen molar-refractivity contribution in [3.63, 3.8) is 0 Å². The molecule has 1 N–H and O–H groups in total. The number of nitrogens with one attached hydrogen (secondary N) is 1. The number of nitrogens with zero attached hydrogens (tertiary/aromatic N) is 4. The Balaban J connectivity index is 1.13. The first-order chi connectivity index (χ1) is 13.6. The fourth-order valence-electron chi connectivity index (χ4n) is 5.78. The van der Waals surface area contributed by atoms with Crippen LogP contribution in [0.4, 0.5) is 11.8 Å². The predicted octanol–water partition coefficient (Wildman–Crippen LogP) is 3.95. The Bertz CT molecular complexity index is 728. The van der Waals surface area contributed by atoms with E-state index in [4.69, 9.17) is 4.98 Å². The molecular weight excluding hydrogens is 346 g/mol. The highest BCUT2D eigenvalue weighted by Gasteiger charge is 2.51. The number of hydrogen-bond acceptors (Lipinski definition) is 5. The molecule has 0 aromatic carbocycles. The molecule has 5 heteroatoms. The van der Waals surface area contributed by atoms with Gasteiger partial charge in [-0.25, -0.2) is 4.98 Å². The molecule has 0 unspecified atom stereocenters. The summed E-state index contributed by atoms with van der Waals surface area (Å²) in [5.74, 6) is 3.64. The van der Waals surface area contributed by atoms with Gasteiger partial charge in [-0.2, -0.15) is 4.98 Å².